The fraction of sp³-hybridized carbons (Fsp3) is 0.667. The monoisotopic (exact) mass is 198 g/mol. The van der Waals surface area contributed by atoms with Gasteiger partial charge < -0.3 is 10.1 Å². The Hall–Kier alpha value is -0.610. The molecule has 0 saturated carbocycles. The van der Waals surface area contributed by atoms with Gasteiger partial charge in [0.05, 0.1) is 6.61 Å². The van der Waals surface area contributed by atoms with Gasteiger partial charge >= 0.3 is 0 Å². The maximum absolute atomic E-state index is 5.55. The third-order valence-corrected chi connectivity index (χ3v) is 2.93. The van der Waals surface area contributed by atoms with Gasteiger partial charge in [0.15, 0.2) is 0 Å². The van der Waals surface area contributed by atoms with E-state index in [0.717, 1.165) is 24.9 Å². The Kier molecular flexibility index (Phi) is 3.16. The molecule has 0 spiro atoms. The number of thiazole rings is 1. The number of ether oxygens (including phenoxy) is 1. The summed E-state index contributed by atoms with van der Waals surface area (Å²) in [6, 6.07) is 0. The van der Waals surface area contributed by atoms with Crippen LogP contribution >= 0.6 is 11.3 Å². The number of hydrogen-bond acceptors (Lipinski definition) is 4. The number of aromatic nitrogens is 1. The molecule has 0 amide bonds. The first kappa shape index (κ1) is 8.97. The lowest BCUT2D eigenvalue weighted by Gasteiger charge is -2.21. The Balaban J connectivity index is 1.72. The molecule has 2 heterocycles. The highest BCUT2D eigenvalue weighted by Crippen LogP contribution is 2.16. The van der Waals surface area contributed by atoms with Crippen LogP contribution in [-0.2, 0) is 0 Å². The molecular formula is C9H14N2OS. The van der Waals surface area contributed by atoms with Crippen LogP contribution in [0.2, 0.25) is 0 Å². The van der Waals surface area contributed by atoms with Gasteiger partial charge in [-0.1, -0.05) is 11.3 Å². The molecule has 13 heavy (non-hydrogen) atoms. The highest BCUT2D eigenvalue weighted by molar-refractivity contribution is 7.11. The van der Waals surface area contributed by atoms with Crippen LogP contribution in [0.15, 0.2) is 11.6 Å². The Bertz CT molecular complexity index is 232. The van der Waals surface area contributed by atoms with Crippen molar-refractivity contribution in [2.75, 3.05) is 19.7 Å². The van der Waals surface area contributed by atoms with E-state index in [1.165, 1.54) is 12.8 Å². The van der Waals surface area contributed by atoms with Crippen molar-refractivity contribution in [1.82, 2.24) is 10.3 Å². The van der Waals surface area contributed by atoms with Crippen molar-refractivity contribution in [2.45, 2.75) is 12.8 Å². The topological polar surface area (TPSA) is 34.1 Å². The summed E-state index contributed by atoms with van der Waals surface area (Å²) in [4.78, 5) is 4.08. The predicted octanol–water partition coefficient (Wildman–Crippen LogP) is 1.52. The van der Waals surface area contributed by atoms with Gasteiger partial charge in [-0.2, -0.15) is 0 Å². The molecule has 72 valence electrons. The van der Waals surface area contributed by atoms with Crippen molar-refractivity contribution in [1.29, 1.82) is 0 Å². The molecule has 2 rings (SSSR count). The fourth-order valence-corrected chi connectivity index (χ4v) is 2.03. The number of nitrogens with one attached hydrogen (secondary N) is 1. The molecule has 0 bridgehead atoms. The summed E-state index contributed by atoms with van der Waals surface area (Å²) in [6.07, 6.45) is 4.32. The molecule has 0 unspecified atom stereocenters. The van der Waals surface area contributed by atoms with Gasteiger partial charge in [-0.25, -0.2) is 4.98 Å². The van der Waals surface area contributed by atoms with E-state index in [2.05, 4.69) is 10.3 Å². The minimum absolute atomic E-state index is 0.664. The zero-order valence-electron chi connectivity index (χ0n) is 7.53. The number of piperidine rings is 1. The molecule has 4 heteroatoms. The summed E-state index contributed by atoms with van der Waals surface area (Å²) in [5.74, 6) is 0.664. The van der Waals surface area contributed by atoms with Gasteiger partial charge in [0.25, 0.3) is 5.19 Å². The standard InChI is InChI=1S/C9H14N2OS/c1-2-8(6-10-3-1)7-12-9-11-4-5-13-9/h4-5,8,10H,1-3,6-7H2/t8-/m1/s1. The number of hydrogen-bond donors (Lipinski definition) is 1. The van der Waals surface area contributed by atoms with Crippen LogP contribution in [0.1, 0.15) is 12.8 Å². The van der Waals surface area contributed by atoms with Crippen molar-refractivity contribution in [2.24, 2.45) is 5.92 Å². The van der Waals surface area contributed by atoms with Gasteiger partial charge in [0.1, 0.15) is 0 Å². The van der Waals surface area contributed by atoms with Gasteiger partial charge in [0.2, 0.25) is 0 Å². The largest absolute Gasteiger partial charge is 0.470 e. The average molecular weight is 198 g/mol. The summed E-state index contributed by atoms with van der Waals surface area (Å²) in [5, 5.41) is 6.10. The molecule has 1 saturated heterocycles. The highest BCUT2D eigenvalue weighted by atomic mass is 32.1. The predicted molar refractivity (Wildman–Crippen MR) is 53.2 cm³/mol. The number of nitrogens with zero attached hydrogens (tertiary/aromatic N) is 1. The third kappa shape index (κ3) is 2.67. The Morgan fingerprint density at radius 3 is 3.38 bits per heavy atom. The first-order valence-corrected chi connectivity index (χ1v) is 5.56. The maximum Gasteiger partial charge on any atom is 0.273 e. The van der Waals surface area contributed by atoms with Crippen LogP contribution in [0.3, 0.4) is 0 Å². The molecule has 1 aromatic heterocycles. The van der Waals surface area contributed by atoms with Crippen LogP contribution in [-0.4, -0.2) is 24.7 Å². The fourth-order valence-electron chi connectivity index (χ4n) is 1.54. The smallest absolute Gasteiger partial charge is 0.273 e. The molecule has 0 aromatic carbocycles. The van der Waals surface area contributed by atoms with E-state index >= 15 is 0 Å². The second-order valence-electron chi connectivity index (χ2n) is 3.32. The number of rotatable bonds is 3. The lowest BCUT2D eigenvalue weighted by molar-refractivity contribution is 0.218. The molecule has 1 aliphatic heterocycles. The summed E-state index contributed by atoms with van der Waals surface area (Å²) in [7, 11) is 0. The van der Waals surface area contributed by atoms with Crippen LogP contribution in [0.5, 0.6) is 5.19 Å². The Morgan fingerprint density at radius 1 is 1.69 bits per heavy atom. The summed E-state index contributed by atoms with van der Waals surface area (Å²) >= 11 is 1.56. The van der Waals surface area contributed by atoms with Gasteiger partial charge in [-0.15, -0.1) is 0 Å². The molecule has 1 atom stereocenters. The lowest BCUT2D eigenvalue weighted by atomic mass is 10.0. The van der Waals surface area contributed by atoms with E-state index in [1.807, 2.05) is 5.38 Å². The second-order valence-corrected chi connectivity index (χ2v) is 4.18. The molecule has 1 fully saturated rings. The van der Waals surface area contributed by atoms with Crippen molar-refractivity contribution in [3.8, 4) is 5.19 Å². The van der Waals surface area contributed by atoms with Crippen LogP contribution in [0.25, 0.3) is 0 Å². The van der Waals surface area contributed by atoms with Crippen molar-refractivity contribution in [3.63, 3.8) is 0 Å². The molecule has 3 nitrogen and oxygen atoms in total. The first-order chi connectivity index (χ1) is 6.45. The molecular weight excluding hydrogens is 184 g/mol. The highest BCUT2D eigenvalue weighted by Gasteiger charge is 2.13. The second kappa shape index (κ2) is 4.58. The Morgan fingerprint density at radius 2 is 2.69 bits per heavy atom. The summed E-state index contributed by atoms with van der Waals surface area (Å²) < 4.78 is 5.55. The molecule has 0 aliphatic carbocycles. The quantitative estimate of drug-likeness (QED) is 0.799. The minimum atomic E-state index is 0.664. The van der Waals surface area contributed by atoms with Crippen molar-refractivity contribution >= 4 is 11.3 Å². The van der Waals surface area contributed by atoms with Gasteiger partial charge in [-0.3, -0.25) is 0 Å². The summed E-state index contributed by atoms with van der Waals surface area (Å²) in [5.41, 5.74) is 0. The first-order valence-electron chi connectivity index (χ1n) is 4.68. The van der Waals surface area contributed by atoms with E-state index in [4.69, 9.17) is 4.74 Å². The van der Waals surface area contributed by atoms with E-state index in [9.17, 15) is 0 Å². The summed E-state index contributed by atoms with van der Waals surface area (Å²) in [6.45, 7) is 3.06. The van der Waals surface area contributed by atoms with E-state index in [0.29, 0.717) is 5.92 Å². The van der Waals surface area contributed by atoms with E-state index in [1.54, 1.807) is 17.5 Å². The molecule has 1 N–H and O–H groups in total. The van der Waals surface area contributed by atoms with Gasteiger partial charge in [-0.05, 0) is 19.4 Å². The molecule has 0 radical (unpaired) electrons. The normalized spacial score (nSPS) is 22.9. The van der Waals surface area contributed by atoms with Crippen LogP contribution in [0, 0.1) is 5.92 Å². The maximum atomic E-state index is 5.55. The lowest BCUT2D eigenvalue weighted by Crippen LogP contribution is -2.32. The average Bonchev–Trinajstić information content (AvgIpc) is 2.69. The van der Waals surface area contributed by atoms with Crippen LogP contribution in [0.4, 0.5) is 0 Å². The zero-order chi connectivity index (χ0) is 8.93. The van der Waals surface area contributed by atoms with Crippen LogP contribution < -0.4 is 10.1 Å². The minimum Gasteiger partial charge on any atom is -0.470 e. The Labute approximate surface area is 82.1 Å². The van der Waals surface area contributed by atoms with E-state index in [-0.39, 0.29) is 0 Å². The van der Waals surface area contributed by atoms with Crippen molar-refractivity contribution in [3.05, 3.63) is 11.6 Å². The zero-order valence-corrected chi connectivity index (χ0v) is 8.35. The van der Waals surface area contributed by atoms with Gasteiger partial charge in [0, 0.05) is 24.0 Å². The third-order valence-electron chi connectivity index (χ3n) is 2.25. The molecule has 1 aromatic rings. The van der Waals surface area contributed by atoms with E-state index < -0.39 is 0 Å². The van der Waals surface area contributed by atoms with Crippen molar-refractivity contribution < 1.29 is 4.74 Å². The molecule has 1 aliphatic rings. The SMILES string of the molecule is c1csc(OC[C@@H]2CCCNC2)n1.